The smallest absolute Gasteiger partial charge is 0.416 e. The van der Waals surface area contributed by atoms with Crippen LogP contribution in [0, 0.1) is 0 Å². The predicted molar refractivity (Wildman–Crippen MR) is 90.1 cm³/mol. The summed E-state index contributed by atoms with van der Waals surface area (Å²) in [5, 5.41) is 14.2. The Morgan fingerprint density at radius 2 is 1.92 bits per heavy atom. The number of carboxylic acids is 1. The molecule has 1 atom stereocenters. The largest absolute Gasteiger partial charge is 0.479 e. The number of nitrogens with one attached hydrogen (secondary N) is 1. The molecule has 5 nitrogen and oxygen atoms in total. The highest BCUT2D eigenvalue weighted by molar-refractivity contribution is 7.16. The van der Waals surface area contributed by atoms with Crippen LogP contribution in [-0.2, 0) is 18.0 Å². The number of carbonyl (C=O) groups is 2. The number of halogens is 3. The van der Waals surface area contributed by atoms with E-state index in [1.54, 1.807) is 23.7 Å². The molecular formula is C17H13F3N2O3S. The highest BCUT2D eigenvalue weighted by atomic mass is 32.1. The summed E-state index contributed by atoms with van der Waals surface area (Å²) in [4.78, 5) is 24.9. The average molecular weight is 382 g/mol. The Bertz CT molecular complexity index is 991. The zero-order valence-corrected chi connectivity index (χ0v) is 14.2. The van der Waals surface area contributed by atoms with Gasteiger partial charge in [-0.1, -0.05) is 18.2 Å². The number of fused-ring (bicyclic) bond motifs is 1. The molecule has 26 heavy (non-hydrogen) atoms. The van der Waals surface area contributed by atoms with Crippen molar-refractivity contribution in [3.05, 3.63) is 58.6 Å². The normalized spacial score (nSPS) is 12.9. The molecule has 1 unspecified atom stereocenters. The minimum absolute atomic E-state index is 0.169. The van der Waals surface area contributed by atoms with E-state index in [9.17, 15) is 27.9 Å². The number of alkyl halides is 3. The minimum atomic E-state index is -4.73. The van der Waals surface area contributed by atoms with Crippen molar-refractivity contribution < 1.29 is 27.9 Å². The first kappa shape index (κ1) is 18.0. The monoisotopic (exact) mass is 382 g/mol. The van der Waals surface area contributed by atoms with Crippen LogP contribution in [-0.4, -0.2) is 21.6 Å². The van der Waals surface area contributed by atoms with Crippen molar-refractivity contribution in [3.63, 3.8) is 0 Å². The number of hydrogen-bond donors (Lipinski definition) is 2. The molecule has 0 radical (unpaired) electrons. The van der Waals surface area contributed by atoms with Gasteiger partial charge in [0.05, 0.1) is 5.56 Å². The van der Waals surface area contributed by atoms with Gasteiger partial charge in [-0.3, -0.25) is 4.79 Å². The molecule has 2 aromatic heterocycles. The van der Waals surface area contributed by atoms with Crippen molar-refractivity contribution >= 4 is 33.4 Å². The number of carboxylic acid groups (broad SMARTS) is 1. The Morgan fingerprint density at radius 1 is 1.23 bits per heavy atom. The third-order valence-electron chi connectivity index (χ3n) is 3.96. The van der Waals surface area contributed by atoms with E-state index in [0.717, 1.165) is 22.3 Å². The lowest BCUT2D eigenvalue weighted by Gasteiger charge is -2.19. The first-order chi connectivity index (χ1) is 12.2. The Morgan fingerprint density at radius 3 is 2.54 bits per heavy atom. The van der Waals surface area contributed by atoms with Crippen LogP contribution in [0.1, 0.15) is 27.7 Å². The molecule has 0 fully saturated rings. The number of aryl methyl sites for hydroxylation is 1. The van der Waals surface area contributed by atoms with Crippen molar-refractivity contribution in [2.45, 2.75) is 12.2 Å². The van der Waals surface area contributed by atoms with Gasteiger partial charge in [0.25, 0.3) is 5.91 Å². The number of amides is 1. The molecule has 3 rings (SSSR count). The van der Waals surface area contributed by atoms with Gasteiger partial charge in [-0.05, 0) is 29.1 Å². The Balaban J connectivity index is 1.98. The lowest BCUT2D eigenvalue weighted by molar-refractivity contribution is -0.142. The van der Waals surface area contributed by atoms with E-state index in [0.29, 0.717) is 0 Å². The first-order valence-electron chi connectivity index (χ1n) is 7.43. The van der Waals surface area contributed by atoms with Crippen molar-refractivity contribution in [3.8, 4) is 0 Å². The van der Waals surface area contributed by atoms with E-state index >= 15 is 0 Å². The van der Waals surface area contributed by atoms with Crippen LogP contribution >= 0.6 is 11.3 Å². The molecule has 0 aliphatic carbocycles. The first-order valence-corrected chi connectivity index (χ1v) is 8.31. The van der Waals surface area contributed by atoms with E-state index in [4.69, 9.17) is 0 Å². The zero-order valence-electron chi connectivity index (χ0n) is 13.4. The van der Waals surface area contributed by atoms with Crippen LogP contribution in [0.25, 0.3) is 10.2 Å². The maximum atomic E-state index is 13.2. The second-order valence-electron chi connectivity index (χ2n) is 5.60. The summed E-state index contributed by atoms with van der Waals surface area (Å²) in [7, 11) is 1.63. The molecule has 1 amide bonds. The second kappa shape index (κ2) is 6.49. The number of benzene rings is 1. The number of nitrogens with zero attached hydrogens (tertiary/aromatic N) is 1. The van der Waals surface area contributed by atoms with Crippen LogP contribution in [0.3, 0.4) is 0 Å². The lowest BCUT2D eigenvalue weighted by Crippen LogP contribution is -2.35. The number of carbonyl (C=O) groups excluding carboxylic acids is 1. The fourth-order valence-corrected chi connectivity index (χ4v) is 3.61. The van der Waals surface area contributed by atoms with Gasteiger partial charge in [0.2, 0.25) is 0 Å². The summed E-state index contributed by atoms with van der Waals surface area (Å²) in [6.07, 6.45) is -4.73. The fourth-order valence-electron chi connectivity index (χ4n) is 2.75. The molecule has 2 heterocycles. The molecule has 2 N–H and O–H groups in total. The summed E-state index contributed by atoms with van der Waals surface area (Å²) in [6, 6.07) is 5.83. The van der Waals surface area contributed by atoms with E-state index in [1.807, 2.05) is 5.38 Å². The van der Waals surface area contributed by atoms with E-state index < -0.39 is 35.2 Å². The van der Waals surface area contributed by atoms with Crippen molar-refractivity contribution in [1.29, 1.82) is 0 Å². The lowest BCUT2D eigenvalue weighted by atomic mass is 9.99. The highest BCUT2D eigenvalue weighted by Gasteiger charge is 2.37. The van der Waals surface area contributed by atoms with Crippen LogP contribution in [0.4, 0.5) is 13.2 Å². The highest BCUT2D eigenvalue weighted by Crippen LogP contribution is 2.35. The molecule has 0 aliphatic rings. The summed E-state index contributed by atoms with van der Waals surface area (Å²) >= 11 is 1.40. The van der Waals surface area contributed by atoms with Gasteiger partial charge >= 0.3 is 12.1 Å². The van der Waals surface area contributed by atoms with Crippen molar-refractivity contribution in [2.75, 3.05) is 0 Å². The topological polar surface area (TPSA) is 71.3 Å². The molecule has 0 saturated carbocycles. The third kappa shape index (κ3) is 3.17. The Kier molecular flexibility index (Phi) is 4.49. The summed E-state index contributed by atoms with van der Waals surface area (Å²) < 4.78 is 41.1. The van der Waals surface area contributed by atoms with Crippen molar-refractivity contribution in [2.24, 2.45) is 7.05 Å². The molecule has 0 spiro atoms. The van der Waals surface area contributed by atoms with E-state index in [1.165, 1.54) is 23.5 Å². The van der Waals surface area contributed by atoms with Gasteiger partial charge in [0, 0.05) is 12.4 Å². The molecular weight excluding hydrogens is 369 g/mol. The average Bonchev–Trinajstić information content (AvgIpc) is 3.14. The summed E-state index contributed by atoms with van der Waals surface area (Å²) in [5.74, 6) is -2.34. The van der Waals surface area contributed by atoms with Crippen LogP contribution in [0.2, 0.25) is 0 Å². The van der Waals surface area contributed by atoms with E-state index in [2.05, 4.69) is 5.32 Å². The maximum Gasteiger partial charge on any atom is 0.416 e. The number of rotatable bonds is 4. The maximum absolute atomic E-state index is 13.2. The van der Waals surface area contributed by atoms with Crippen LogP contribution in [0.5, 0.6) is 0 Å². The molecule has 136 valence electrons. The fraction of sp³-hybridized carbons (Fsp3) is 0.176. The molecule has 0 saturated heterocycles. The summed E-state index contributed by atoms with van der Waals surface area (Å²) in [5.41, 5.74) is -1.44. The van der Waals surface area contributed by atoms with Gasteiger partial charge in [0.15, 0.2) is 6.04 Å². The van der Waals surface area contributed by atoms with Gasteiger partial charge < -0.3 is 15.0 Å². The quantitative estimate of drug-likeness (QED) is 0.721. The van der Waals surface area contributed by atoms with Gasteiger partial charge in [-0.2, -0.15) is 13.2 Å². The Labute approximate surface area is 149 Å². The molecule has 1 aromatic carbocycles. The molecule has 3 aromatic rings. The molecule has 0 aliphatic heterocycles. The summed E-state index contributed by atoms with van der Waals surface area (Å²) in [6.45, 7) is 0. The van der Waals surface area contributed by atoms with Crippen molar-refractivity contribution in [1.82, 2.24) is 9.88 Å². The van der Waals surface area contributed by atoms with Crippen LogP contribution < -0.4 is 5.32 Å². The number of thiophene rings is 1. The predicted octanol–water partition coefficient (Wildman–Crippen LogP) is 3.81. The standard InChI is InChI=1S/C17H13F3N2O3S/c1-22-12(8-9-6-7-26-15(9)22)14(23)21-13(16(24)25)10-4-2-3-5-11(10)17(18,19)20/h2-8,13H,1H3,(H,21,23)(H,24,25). The third-order valence-corrected chi connectivity index (χ3v) is 4.97. The van der Waals surface area contributed by atoms with Crippen LogP contribution in [0.15, 0.2) is 41.8 Å². The molecule has 0 bridgehead atoms. The Hall–Kier alpha value is -2.81. The molecule has 9 heteroatoms. The number of hydrogen-bond acceptors (Lipinski definition) is 3. The second-order valence-corrected chi connectivity index (χ2v) is 6.49. The SMILES string of the molecule is Cn1c(C(=O)NC(C(=O)O)c2ccccc2C(F)(F)F)cc2ccsc21. The van der Waals surface area contributed by atoms with E-state index in [-0.39, 0.29) is 5.69 Å². The van der Waals surface area contributed by atoms with Gasteiger partial charge in [0.1, 0.15) is 10.5 Å². The van der Waals surface area contributed by atoms with Gasteiger partial charge in [-0.15, -0.1) is 11.3 Å². The number of aromatic nitrogens is 1. The van der Waals surface area contributed by atoms with Gasteiger partial charge in [-0.25, -0.2) is 4.79 Å². The zero-order chi connectivity index (χ0) is 19.1. The minimum Gasteiger partial charge on any atom is -0.479 e. The number of aliphatic carboxylic acids is 1.